The Morgan fingerprint density at radius 1 is 1.14 bits per heavy atom. The fourth-order valence-corrected chi connectivity index (χ4v) is 4.53. The van der Waals surface area contributed by atoms with E-state index in [1.54, 1.807) is 14.0 Å². The number of aliphatic imine (C=N–C) groups is 1. The molecule has 0 aromatic heterocycles. The van der Waals surface area contributed by atoms with Gasteiger partial charge in [0, 0.05) is 50.6 Å². The van der Waals surface area contributed by atoms with E-state index in [-0.39, 0.29) is 35.3 Å². The molecule has 1 aliphatic heterocycles. The van der Waals surface area contributed by atoms with Gasteiger partial charge in [0.2, 0.25) is 5.91 Å². The molecule has 0 spiro atoms. The third kappa shape index (κ3) is 5.55. The number of carbonyl (C=O) groups is 1. The number of hydrogen-bond donors (Lipinski definition) is 1. The standard InChI is InChI=1S/C22H34N4O2.HI/c1-4-23-21(26-15-13-25(14-16-26)18(2)27)24-17-22(11-7-8-12-22)19-9-5-6-10-20(19)28-3;/h5-6,9-10H,4,7-8,11-17H2,1-3H3,(H,23,24);1H. The highest BCUT2D eigenvalue weighted by Crippen LogP contribution is 2.45. The van der Waals surface area contributed by atoms with Crippen molar-refractivity contribution in [3.8, 4) is 5.75 Å². The van der Waals surface area contributed by atoms with Crippen LogP contribution in [0.15, 0.2) is 29.3 Å². The Bertz CT molecular complexity index is 696. The van der Waals surface area contributed by atoms with E-state index in [9.17, 15) is 4.79 Å². The number of guanidine groups is 1. The van der Waals surface area contributed by atoms with Crippen LogP contribution in [0.25, 0.3) is 0 Å². The van der Waals surface area contributed by atoms with Gasteiger partial charge < -0.3 is 19.9 Å². The molecule has 0 bridgehead atoms. The Balaban J connectivity index is 0.00000300. The van der Waals surface area contributed by atoms with Gasteiger partial charge >= 0.3 is 0 Å². The molecule has 0 atom stereocenters. The maximum absolute atomic E-state index is 11.6. The second-order valence-electron chi connectivity index (χ2n) is 7.85. The van der Waals surface area contributed by atoms with E-state index >= 15 is 0 Å². The van der Waals surface area contributed by atoms with Gasteiger partial charge in [-0.25, -0.2) is 0 Å². The van der Waals surface area contributed by atoms with E-state index in [0.29, 0.717) is 0 Å². The molecule has 2 fully saturated rings. The molecule has 1 aromatic rings. The summed E-state index contributed by atoms with van der Waals surface area (Å²) >= 11 is 0. The zero-order valence-electron chi connectivity index (χ0n) is 17.9. The lowest BCUT2D eigenvalue weighted by molar-refractivity contribution is -0.130. The van der Waals surface area contributed by atoms with E-state index in [4.69, 9.17) is 9.73 Å². The maximum atomic E-state index is 11.6. The summed E-state index contributed by atoms with van der Waals surface area (Å²) in [6, 6.07) is 8.41. The van der Waals surface area contributed by atoms with Crippen molar-refractivity contribution in [3.05, 3.63) is 29.8 Å². The van der Waals surface area contributed by atoms with Crippen LogP contribution in [0.3, 0.4) is 0 Å². The van der Waals surface area contributed by atoms with Crippen LogP contribution < -0.4 is 10.1 Å². The quantitative estimate of drug-likeness (QED) is 0.373. The van der Waals surface area contributed by atoms with Crippen molar-refractivity contribution in [1.29, 1.82) is 0 Å². The Labute approximate surface area is 192 Å². The average Bonchev–Trinajstić information content (AvgIpc) is 3.21. The molecule has 1 amide bonds. The maximum Gasteiger partial charge on any atom is 0.219 e. The van der Waals surface area contributed by atoms with Gasteiger partial charge in [-0.1, -0.05) is 31.0 Å². The number of piperazine rings is 1. The second kappa shape index (κ2) is 11.0. The van der Waals surface area contributed by atoms with E-state index < -0.39 is 0 Å². The zero-order chi connectivity index (χ0) is 20.0. The summed E-state index contributed by atoms with van der Waals surface area (Å²) in [6.07, 6.45) is 4.77. The number of ether oxygens (including phenoxy) is 1. The van der Waals surface area contributed by atoms with E-state index in [1.165, 1.54) is 18.4 Å². The second-order valence-corrected chi connectivity index (χ2v) is 7.85. The lowest BCUT2D eigenvalue weighted by Gasteiger charge is -2.37. The first-order valence-electron chi connectivity index (χ1n) is 10.5. The number of hydrogen-bond acceptors (Lipinski definition) is 3. The van der Waals surface area contributed by atoms with E-state index in [2.05, 4.69) is 35.3 Å². The lowest BCUT2D eigenvalue weighted by Crippen LogP contribution is -2.53. The summed E-state index contributed by atoms with van der Waals surface area (Å²) in [7, 11) is 1.75. The Morgan fingerprint density at radius 3 is 2.34 bits per heavy atom. The monoisotopic (exact) mass is 514 g/mol. The summed E-state index contributed by atoms with van der Waals surface area (Å²) < 4.78 is 5.68. The number of rotatable bonds is 5. The predicted molar refractivity (Wildman–Crippen MR) is 128 cm³/mol. The fourth-order valence-electron chi connectivity index (χ4n) is 4.53. The molecule has 1 aliphatic carbocycles. The van der Waals surface area contributed by atoms with Crippen LogP contribution >= 0.6 is 24.0 Å². The summed E-state index contributed by atoms with van der Waals surface area (Å²) in [5.41, 5.74) is 1.34. The molecule has 29 heavy (non-hydrogen) atoms. The normalized spacial score (nSPS) is 18.9. The number of halogens is 1. The summed E-state index contributed by atoms with van der Waals surface area (Å²) in [5.74, 6) is 2.09. The van der Waals surface area contributed by atoms with Gasteiger partial charge in [-0.3, -0.25) is 9.79 Å². The SMILES string of the molecule is CCNC(=NCC1(c2ccccc2OC)CCCC1)N1CCN(C(C)=O)CC1.I. The topological polar surface area (TPSA) is 57.2 Å². The van der Waals surface area contributed by atoms with Crippen LogP contribution in [0.4, 0.5) is 0 Å². The molecule has 3 rings (SSSR count). The van der Waals surface area contributed by atoms with Crippen molar-refractivity contribution >= 4 is 35.8 Å². The summed E-state index contributed by atoms with van der Waals surface area (Å²) in [5, 5.41) is 3.46. The van der Waals surface area contributed by atoms with Crippen LogP contribution in [0.2, 0.25) is 0 Å². The number of para-hydroxylation sites is 1. The molecule has 7 heteroatoms. The molecule has 162 valence electrons. The third-order valence-electron chi connectivity index (χ3n) is 6.13. The van der Waals surface area contributed by atoms with Crippen molar-refractivity contribution in [2.75, 3.05) is 46.4 Å². The number of amides is 1. The largest absolute Gasteiger partial charge is 0.496 e. The molecule has 0 radical (unpaired) electrons. The van der Waals surface area contributed by atoms with Gasteiger partial charge in [0.1, 0.15) is 5.75 Å². The first kappa shape index (κ1) is 23.8. The average molecular weight is 514 g/mol. The minimum absolute atomic E-state index is 0. The van der Waals surface area contributed by atoms with Gasteiger partial charge in [0.15, 0.2) is 5.96 Å². The minimum Gasteiger partial charge on any atom is -0.496 e. The highest BCUT2D eigenvalue weighted by atomic mass is 127. The Morgan fingerprint density at radius 2 is 1.76 bits per heavy atom. The molecular weight excluding hydrogens is 479 g/mol. The van der Waals surface area contributed by atoms with Gasteiger partial charge in [-0.05, 0) is 25.8 Å². The van der Waals surface area contributed by atoms with Crippen LogP contribution in [-0.2, 0) is 10.2 Å². The highest BCUT2D eigenvalue weighted by molar-refractivity contribution is 14.0. The third-order valence-corrected chi connectivity index (χ3v) is 6.13. The van der Waals surface area contributed by atoms with E-state index in [0.717, 1.165) is 63.8 Å². The predicted octanol–water partition coefficient (Wildman–Crippen LogP) is 3.25. The molecule has 1 N–H and O–H groups in total. The van der Waals surface area contributed by atoms with Gasteiger partial charge in [0.25, 0.3) is 0 Å². The van der Waals surface area contributed by atoms with Crippen molar-refractivity contribution < 1.29 is 9.53 Å². The van der Waals surface area contributed by atoms with Gasteiger partial charge in [-0.2, -0.15) is 0 Å². The molecule has 0 unspecified atom stereocenters. The minimum atomic E-state index is 0. The van der Waals surface area contributed by atoms with Crippen molar-refractivity contribution in [2.45, 2.75) is 44.9 Å². The van der Waals surface area contributed by atoms with Crippen LogP contribution in [0, 0.1) is 0 Å². The molecule has 2 aliphatic rings. The van der Waals surface area contributed by atoms with Gasteiger partial charge in [0.05, 0.1) is 13.7 Å². The van der Waals surface area contributed by atoms with Crippen LogP contribution in [0.5, 0.6) is 5.75 Å². The number of nitrogens with one attached hydrogen (secondary N) is 1. The lowest BCUT2D eigenvalue weighted by atomic mass is 9.78. The van der Waals surface area contributed by atoms with Crippen LogP contribution in [0.1, 0.15) is 45.1 Å². The van der Waals surface area contributed by atoms with E-state index in [1.807, 2.05) is 11.0 Å². The summed E-state index contributed by atoms with van der Waals surface area (Å²) in [6.45, 7) is 8.53. The van der Waals surface area contributed by atoms with Crippen LogP contribution in [-0.4, -0.2) is 68.0 Å². The fraction of sp³-hybridized carbons (Fsp3) is 0.636. The number of benzene rings is 1. The number of methoxy groups -OCH3 is 1. The molecule has 6 nitrogen and oxygen atoms in total. The number of carbonyl (C=O) groups excluding carboxylic acids is 1. The van der Waals surface area contributed by atoms with Crippen molar-refractivity contribution in [3.63, 3.8) is 0 Å². The van der Waals surface area contributed by atoms with Gasteiger partial charge in [-0.15, -0.1) is 24.0 Å². The molecule has 1 saturated heterocycles. The van der Waals surface area contributed by atoms with Crippen molar-refractivity contribution in [1.82, 2.24) is 15.1 Å². The number of nitrogens with zero attached hydrogens (tertiary/aromatic N) is 3. The Hall–Kier alpha value is -1.51. The molecule has 1 heterocycles. The van der Waals surface area contributed by atoms with Crippen molar-refractivity contribution in [2.24, 2.45) is 4.99 Å². The molecule has 1 saturated carbocycles. The molecular formula is C22H35IN4O2. The first-order chi connectivity index (χ1) is 13.6. The summed E-state index contributed by atoms with van der Waals surface area (Å²) in [4.78, 5) is 20.9. The smallest absolute Gasteiger partial charge is 0.219 e. The Kier molecular flexibility index (Phi) is 9.04. The zero-order valence-corrected chi connectivity index (χ0v) is 20.3. The highest BCUT2D eigenvalue weighted by Gasteiger charge is 2.38. The first-order valence-corrected chi connectivity index (χ1v) is 10.5. The molecule has 1 aromatic carbocycles.